The number of para-hydroxylation sites is 1. The largest absolute Gasteiger partial charge is 0.455 e. The summed E-state index contributed by atoms with van der Waals surface area (Å²) in [5, 5.41) is 7.84. The number of aryl methyl sites for hydroxylation is 1. The van der Waals surface area contributed by atoms with E-state index in [-0.39, 0.29) is 22.3 Å². The number of hydrogen-bond donors (Lipinski definition) is 2. The quantitative estimate of drug-likeness (QED) is 0.500. The van der Waals surface area contributed by atoms with Crippen molar-refractivity contribution in [1.29, 1.82) is 0 Å². The van der Waals surface area contributed by atoms with E-state index in [0.29, 0.717) is 40.6 Å². The molecule has 2 aromatic carbocycles. The van der Waals surface area contributed by atoms with E-state index in [9.17, 15) is 9.59 Å². The lowest BCUT2D eigenvalue weighted by atomic mass is 9.93. The summed E-state index contributed by atoms with van der Waals surface area (Å²) in [5.41, 5.74) is 5.65. The lowest BCUT2D eigenvalue weighted by molar-refractivity contribution is 0.0953. The maximum absolute atomic E-state index is 12.7. The van der Waals surface area contributed by atoms with E-state index in [1.807, 2.05) is 25.1 Å². The molecule has 4 rings (SSSR count). The van der Waals surface area contributed by atoms with Crippen LogP contribution in [0.5, 0.6) is 0 Å². The van der Waals surface area contributed by atoms with Crippen LogP contribution in [-0.4, -0.2) is 17.5 Å². The zero-order valence-corrected chi connectivity index (χ0v) is 18.2. The molecule has 1 heterocycles. The van der Waals surface area contributed by atoms with Gasteiger partial charge >= 0.3 is 0 Å². The summed E-state index contributed by atoms with van der Waals surface area (Å²) >= 11 is 12.0. The van der Waals surface area contributed by atoms with Crippen LogP contribution in [0, 0.1) is 6.92 Å². The Morgan fingerprint density at radius 1 is 1.03 bits per heavy atom. The molecule has 0 aliphatic heterocycles. The van der Waals surface area contributed by atoms with Gasteiger partial charge in [0, 0.05) is 28.3 Å². The third kappa shape index (κ3) is 4.50. The first kappa shape index (κ1) is 21.2. The summed E-state index contributed by atoms with van der Waals surface area (Å²) in [6, 6.07) is 13.8. The summed E-state index contributed by atoms with van der Waals surface area (Å²) < 4.78 is 5.88. The maximum atomic E-state index is 12.7. The van der Waals surface area contributed by atoms with Crippen LogP contribution < -0.4 is 10.7 Å². The normalized spacial score (nSPS) is 14.2. The highest BCUT2D eigenvalue weighted by atomic mass is 35.5. The highest BCUT2D eigenvalue weighted by molar-refractivity contribution is 6.36. The maximum Gasteiger partial charge on any atom is 0.291 e. The van der Waals surface area contributed by atoms with Gasteiger partial charge in [-0.05, 0) is 50.1 Å². The fraction of sp³-hybridized carbons (Fsp3) is 0.174. The van der Waals surface area contributed by atoms with Crippen molar-refractivity contribution in [3.63, 3.8) is 0 Å². The molecule has 2 amide bonds. The van der Waals surface area contributed by atoms with E-state index in [2.05, 4.69) is 15.8 Å². The minimum Gasteiger partial charge on any atom is -0.455 e. The summed E-state index contributed by atoms with van der Waals surface area (Å²) in [6.07, 6.45) is 2.16. The lowest BCUT2D eigenvalue weighted by Gasteiger charge is -2.13. The van der Waals surface area contributed by atoms with Crippen molar-refractivity contribution in [2.24, 2.45) is 5.10 Å². The second-order valence-corrected chi connectivity index (χ2v) is 8.00. The number of rotatable bonds is 4. The topological polar surface area (TPSA) is 83.7 Å². The Hall–Kier alpha value is -3.09. The number of halogens is 2. The smallest absolute Gasteiger partial charge is 0.291 e. The number of carbonyl (C=O) groups is 2. The third-order valence-electron chi connectivity index (χ3n) is 5.03. The van der Waals surface area contributed by atoms with Gasteiger partial charge in [0.25, 0.3) is 11.8 Å². The average Bonchev–Trinajstić information content (AvgIpc) is 3.10. The molecule has 3 aromatic rings. The van der Waals surface area contributed by atoms with E-state index >= 15 is 0 Å². The first-order chi connectivity index (χ1) is 14.9. The monoisotopic (exact) mass is 455 g/mol. The van der Waals surface area contributed by atoms with Gasteiger partial charge in [0.15, 0.2) is 5.76 Å². The number of benzene rings is 2. The second-order valence-electron chi connectivity index (χ2n) is 7.15. The van der Waals surface area contributed by atoms with Crippen LogP contribution in [0.2, 0.25) is 10.0 Å². The average molecular weight is 456 g/mol. The van der Waals surface area contributed by atoms with Crippen molar-refractivity contribution in [2.45, 2.75) is 26.2 Å². The van der Waals surface area contributed by atoms with Crippen molar-refractivity contribution in [2.75, 3.05) is 5.32 Å². The molecule has 0 saturated carbocycles. The van der Waals surface area contributed by atoms with Gasteiger partial charge in [-0.1, -0.05) is 41.4 Å². The molecule has 8 heteroatoms. The Morgan fingerprint density at radius 2 is 1.81 bits per heavy atom. The fourth-order valence-electron chi connectivity index (χ4n) is 3.56. The van der Waals surface area contributed by atoms with Crippen LogP contribution in [0.4, 0.5) is 5.69 Å². The van der Waals surface area contributed by atoms with Crippen LogP contribution in [0.1, 0.15) is 50.6 Å². The molecule has 6 nitrogen and oxygen atoms in total. The van der Waals surface area contributed by atoms with Gasteiger partial charge in [0.1, 0.15) is 5.76 Å². The van der Waals surface area contributed by atoms with Crippen LogP contribution in [-0.2, 0) is 6.42 Å². The molecular weight excluding hydrogens is 437 g/mol. The van der Waals surface area contributed by atoms with Crippen LogP contribution >= 0.6 is 23.2 Å². The van der Waals surface area contributed by atoms with Crippen LogP contribution in [0.25, 0.3) is 0 Å². The molecule has 0 fully saturated rings. The Kier molecular flexibility index (Phi) is 6.11. The summed E-state index contributed by atoms with van der Waals surface area (Å²) in [6.45, 7) is 1.82. The molecule has 1 aliphatic rings. The highest BCUT2D eigenvalue weighted by Crippen LogP contribution is 2.30. The van der Waals surface area contributed by atoms with Gasteiger partial charge in [-0.2, -0.15) is 5.10 Å². The zero-order valence-electron chi connectivity index (χ0n) is 16.7. The number of nitrogens with zero attached hydrogens (tertiary/aromatic N) is 1. The standard InChI is InChI=1S/C23H19Cl2N3O3/c1-13-20-18(27-28-22(29)16-11-10-14(24)12-17(16)25)8-5-9-19(20)31-21(13)23(30)26-15-6-3-2-4-7-15/h2-4,6-7,10-12H,5,8-9H2,1H3,(H,26,30)(H,28,29)/b27-18+. The molecule has 1 aliphatic carbocycles. The number of hydrogen-bond acceptors (Lipinski definition) is 4. The Bertz CT molecular complexity index is 1190. The third-order valence-corrected chi connectivity index (χ3v) is 5.58. The summed E-state index contributed by atoms with van der Waals surface area (Å²) in [4.78, 5) is 25.2. The Balaban J connectivity index is 1.57. The molecule has 0 spiro atoms. The number of fused-ring (bicyclic) bond motifs is 1. The number of hydrazone groups is 1. The van der Waals surface area contributed by atoms with Crippen molar-refractivity contribution in [3.05, 3.63) is 86.8 Å². The Labute approximate surface area is 189 Å². The first-order valence-corrected chi connectivity index (χ1v) is 10.5. The van der Waals surface area contributed by atoms with Gasteiger partial charge in [0.05, 0.1) is 16.3 Å². The predicted octanol–water partition coefficient (Wildman–Crippen LogP) is 5.62. The van der Waals surface area contributed by atoms with Crippen LogP contribution in [0.3, 0.4) is 0 Å². The lowest BCUT2D eigenvalue weighted by Crippen LogP contribution is -2.22. The molecule has 31 heavy (non-hydrogen) atoms. The van der Waals surface area contributed by atoms with Gasteiger partial charge in [-0.3, -0.25) is 9.59 Å². The van der Waals surface area contributed by atoms with Crippen molar-refractivity contribution in [1.82, 2.24) is 5.43 Å². The second kappa shape index (κ2) is 8.96. The number of amides is 2. The summed E-state index contributed by atoms with van der Waals surface area (Å²) in [5.74, 6) is 0.175. The van der Waals surface area contributed by atoms with Gasteiger partial charge in [-0.15, -0.1) is 0 Å². The number of carbonyl (C=O) groups excluding carboxylic acids is 2. The minimum absolute atomic E-state index is 0.244. The molecule has 0 atom stereocenters. The molecule has 158 valence electrons. The number of furan rings is 1. The first-order valence-electron chi connectivity index (χ1n) is 9.75. The van der Waals surface area contributed by atoms with E-state index < -0.39 is 5.91 Å². The van der Waals surface area contributed by atoms with Gasteiger partial charge in [-0.25, -0.2) is 5.43 Å². The van der Waals surface area contributed by atoms with Gasteiger partial charge in [0.2, 0.25) is 0 Å². The molecular formula is C23H19Cl2N3O3. The van der Waals surface area contributed by atoms with E-state index in [1.54, 1.807) is 24.3 Å². The zero-order chi connectivity index (χ0) is 22.0. The van der Waals surface area contributed by atoms with E-state index in [1.165, 1.54) is 6.07 Å². The number of nitrogens with one attached hydrogen (secondary N) is 2. The molecule has 0 unspecified atom stereocenters. The molecule has 1 aromatic heterocycles. The SMILES string of the molecule is Cc1c(C(=O)Nc2ccccc2)oc2c1/C(=N/NC(=O)c1ccc(Cl)cc1Cl)CCC2. The fourth-order valence-corrected chi connectivity index (χ4v) is 4.05. The molecule has 0 bridgehead atoms. The molecule has 0 saturated heterocycles. The van der Waals surface area contributed by atoms with E-state index in [4.69, 9.17) is 27.6 Å². The minimum atomic E-state index is -0.440. The van der Waals surface area contributed by atoms with Gasteiger partial charge < -0.3 is 9.73 Å². The van der Waals surface area contributed by atoms with Crippen LogP contribution in [0.15, 0.2) is 58.0 Å². The van der Waals surface area contributed by atoms with Crippen molar-refractivity contribution in [3.8, 4) is 0 Å². The van der Waals surface area contributed by atoms with Crippen molar-refractivity contribution < 1.29 is 14.0 Å². The number of anilines is 1. The molecule has 0 radical (unpaired) electrons. The highest BCUT2D eigenvalue weighted by Gasteiger charge is 2.28. The Morgan fingerprint density at radius 3 is 2.55 bits per heavy atom. The molecule has 2 N–H and O–H groups in total. The summed E-state index contributed by atoms with van der Waals surface area (Å²) in [7, 11) is 0. The van der Waals surface area contributed by atoms with E-state index in [0.717, 1.165) is 12.0 Å². The van der Waals surface area contributed by atoms with Crippen molar-refractivity contribution >= 4 is 46.4 Å². The predicted molar refractivity (Wildman–Crippen MR) is 121 cm³/mol.